The number of rotatable bonds is 9. The first-order valence-corrected chi connectivity index (χ1v) is 7.88. The van der Waals surface area contributed by atoms with Crippen LogP contribution in [-0.2, 0) is 16.0 Å². The van der Waals surface area contributed by atoms with E-state index in [4.69, 9.17) is 5.73 Å². The normalized spacial score (nSPS) is 14.8. The van der Waals surface area contributed by atoms with E-state index in [1.54, 1.807) is 12.1 Å². The first-order chi connectivity index (χ1) is 10.8. The van der Waals surface area contributed by atoms with E-state index in [-0.39, 0.29) is 18.2 Å². The third-order valence-electron chi connectivity index (χ3n) is 4.02. The molecule has 128 valence electrons. The minimum absolute atomic E-state index is 0.0169. The average Bonchev–Trinajstić information content (AvgIpc) is 2.52. The second-order valence-electron chi connectivity index (χ2n) is 5.83. The lowest BCUT2D eigenvalue weighted by molar-refractivity contribution is -0.142. The number of nitrogens with one attached hydrogen (secondary N) is 1. The van der Waals surface area contributed by atoms with Crippen LogP contribution in [0.5, 0.6) is 0 Å². The van der Waals surface area contributed by atoms with E-state index >= 15 is 0 Å². The van der Waals surface area contributed by atoms with Crippen LogP contribution in [0.15, 0.2) is 24.3 Å². The molecule has 1 aromatic rings. The summed E-state index contributed by atoms with van der Waals surface area (Å²) in [5, 5.41) is 11.7. The summed E-state index contributed by atoms with van der Waals surface area (Å²) in [5.41, 5.74) is 6.61. The van der Waals surface area contributed by atoms with Crippen molar-refractivity contribution in [2.24, 2.45) is 11.7 Å². The van der Waals surface area contributed by atoms with Gasteiger partial charge in [0.1, 0.15) is 11.9 Å². The highest BCUT2D eigenvalue weighted by Crippen LogP contribution is 2.10. The van der Waals surface area contributed by atoms with Gasteiger partial charge in [0.05, 0.1) is 6.04 Å². The molecular formula is C17H25FN2O3. The van der Waals surface area contributed by atoms with Crippen molar-refractivity contribution >= 4 is 11.9 Å². The predicted octanol–water partition coefficient (Wildman–Crippen LogP) is 2.09. The van der Waals surface area contributed by atoms with Gasteiger partial charge in [0.2, 0.25) is 5.91 Å². The van der Waals surface area contributed by atoms with Crippen LogP contribution in [0.3, 0.4) is 0 Å². The van der Waals surface area contributed by atoms with Gasteiger partial charge in [-0.2, -0.15) is 0 Å². The van der Waals surface area contributed by atoms with E-state index < -0.39 is 24.0 Å². The van der Waals surface area contributed by atoms with Crippen molar-refractivity contribution in [1.29, 1.82) is 0 Å². The Balaban J connectivity index is 2.52. The van der Waals surface area contributed by atoms with Crippen LogP contribution < -0.4 is 11.1 Å². The standard InChI is InChI=1S/C17H25FN2O3/c1-3-11(2)15(19)16(21)20-14(17(22)23)9-5-7-12-6-4-8-13(18)10-12/h4,6,8,10-11,14-15H,3,5,7,9,19H2,1-2H3,(H,20,21)(H,22,23)/t11-,14?,15-/m0/s1. The zero-order valence-electron chi connectivity index (χ0n) is 13.6. The van der Waals surface area contributed by atoms with E-state index in [0.29, 0.717) is 12.8 Å². The first-order valence-electron chi connectivity index (χ1n) is 7.88. The van der Waals surface area contributed by atoms with Crippen molar-refractivity contribution in [2.75, 3.05) is 0 Å². The number of carboxylic acid groups (broad SMARTS) is 1. The molecule has 0 fully saturated rings. The van der Waals surface area contributed by atoms with Gasteiger partial charge in [-0.1, -0.05) is 32.4 Å². The van der Waals surface area contributed by atoms with Crippen molar-refractivity contribution in [1.82, 2.24) is 5.32 Å². The number of hydrogen-bond acceptors (Lipinski definition) is 3. The van der Waals surface area contributed by atoms with Crippen molar-refractivity contribution in [3.05, 3.63) is 35.6 Å². The van der Waals surface area contributed by atoms with E-state index in [1.165, 1.54) is 12.1 Å². The van der Waals surface area contributed by atoms with Gasteiger partial charge in [-0.15, -0.1) is 0 Å². The first kappa shape index (κ1) is 19.1. The van der Waals surface area contributed by atoms with Crippen LogP contribution in [0.25, 0.3) is 0 Å². The number of carboxylic acids is 1. The van der Waals surface area contributed by atoms with Crippen molar-refractivity contribution in [3.63, 3.8) is 0 Å². The number of carbonyl (C=O) groups is 2. The third-order valence-corrected chi connectivity index (χ3v) is 4.02. The molecule has 0 spiro atoms. The largest absolute Gasteiger partial charge is 0.480 e. The summed E-state index contributed by atoms with van der Waals surface area (Å²) in [6, 6.07) is 4.49. The number of amides is 1. The van der Waals surface area contributed by atoms with Crippen molar-refractivity contribution in [2.45, 2.75) is 51.6 Å². The highest BCUT2D eigenvalue weighted by molar-refractivity contribution is 5.86. The topological polar surface area (TPSA) is 92.4 Å². The van der Waals surface area contributed by atoms with E-state index in [9.17, 15) is 19.1 Å². The lowest BCUT2D eigenvalue weighted by atomic mass is 9.98. The number of aryl methyl sites for hydroxylation is 1. The van der Waals surface area contributed by atoms with Gasteiger partial charge in [-0.3, -0.25) is 4.79 Å². The molecule has 0 aliphatic heterocycles. The molecule has 0 aliphatic rings. The monoisotopic (exact) mass is 324 g/mol. The average molecular weight is 324 g/mol. The highest BCUT2D eigenvalue weighted by atomic mass is 19.1. The molecule has 1 aromatic carbocycles. The molecule has 1 unspecified atom stereocenters. The number of hydrogen-bond donors (Lipinski definition) is 3. The summed E-state index contributed by atoms with van der Waals surface area (Å²) < 4.78 is 13.1. The minimum Gasteiger partial charge on any atom is -0.480 e. The predicted molar refractivity (Wildman–Crippen MR) is 86.3 cm³/mol. The molecule has 0 radical (unpaired) electrons. The number of nitrogens with two attached hydrogens (primary N) is 1. The SMILES string of the molecule is CC[C@H](C)[C@H](N)C(=O)NC(CCCc1cccc(F)c1)C(=O)O. The summed E-state index contributed by atoms with van der Waals surface area (Å²) in [6.07, 6.45) is 2.09. The van der Waals surface area contributed by atoms with Gasteiger partial charge in [0.15, 0.2) is 0 Å². The maximum absolute atomic E-state index is 13.1. The highest BCUT2D eigenvalue weighted by Gasteiger charge is 2.25. The van der Waals surface area contributed by atoms with Gasteiger partial charge < -0.3 is 16.2 Å². The van der Waals surface area contributed by atoms with E-state index in [1.807, 2.05) is 13.8 Å². The van der Waals surface area contributed by atoms with Crippen LogP contribution in [0.4, 0.5) is 4.39 Å². The molecule has 23 heavy (non-hydrogen) atoms. The van der Waals surface area contributed by atoms with Gasteiger partial charge in [0.25, 0.3) is 0 Å². The van der Waals surface area contributed by atoms with Crippen LogP contribution in [-0.4, -0.2) is 29.1 Å². The molecular weight excluding hydrogens is 299 g/mol. The Morgan fingerprint density at radius 3 is 2.65 bits per heavy atom. The van der Waals surface area contributed by atoms with Gasteiger partial charge >= 0.3 is 5.97 Å². The quantitative estimate of drug-likeness (QED) is 0.648. The summed E-state index contributed by atoms with van der Waals surface area (Å²) >= 11 is 0. The second kappa shape index (κ2) is 9.25. The van der Waals surface area contributed by atoms with Crippen LogP contribution in [0, 0.1) is 11.7 Å². The molecule has 0 saturated heterocycles. The van der Waals surface area contributed by atoms with Crippen LogP contribution in [0.2, 0.25) is 0 Å². The molecule has 3 atom stereocenters. The number of aliphatic carboxylic acids is 1. The molecule has 1 rings (SSSR count). The fourth-order valence-corrected chi connectivity index (χ4v) is 2.24. The Labute approximate surface area is 136 Å². The fraction of sp³-hybridized carbons (Fsp3) is 0.529. The number of carbonyl (C=O) groups excluding carboxylic acids is 1. The van der Waals surface area contributed by atoms with E-state index in [0.717, 1.165) is 12.0 Å². The van der Waals surface area contributed by atoms with E-state index in [2.05, 4.69) is 5.32 Å². The van der Waals surface area contributed by atoms with Gasteiger partial charge in [-0.05, 0) is 42.9 Å². The summed E-state index contributed by atoms with van der Waals surface area (Å²) in [6.45, 7) is 3.77. The molecule has 0 heterocycles. The molecule has 1 amide bonds. The summed E-state index contributed by atoms with van der Waals surface area (Å²) in [4.78, 5) is 23.3. The van der Waals surface area contributed by atoms with Crippen molar-refractivity contribution < 1.29 is 19.1 Å². The summed E-state index contributed by atoms with van der Waals surface area (Å²) in [5.74, 6) is -1.87. The Morgan fingerprint density at radius 1 is 1.39 bits per heavy atom. The zero-order valence-corrected chi connectivity index (χ0v) is 13.6. The third kappa shape index (κ3) is 6.36. The lowest BCUT2D eigenvalue weighted by Crippen LogP contribution is -2.50. The second-order valence-corrected chi connectivity index (χ2v) is 5.83. The molecule has 0 saturated carbocycles. The Kier molecular flexibility index (Phi) is 7.68. The molecule has 4 N–H and O–H groups in total. The number of halogens is 1. The van der Waals surface area contributed by atoms with Gasteiger partial charge in [0, 0.05) is 0 Å². The molecule has 6 heteroatoms. The zero-order chi connectivity index (χ0) is 17.4. The lowest BCUT2D eigenvalue weighted by Gasteiger charge is -2.21. The Morgan fingerprint density at radius 2 is 2.09 bits per heavy atom. The number of benzene rings is 1. The minimum atomic E-state index is -1.09. The van der Waals surface area contributed by atoms with Crippen LogP contribution in [0.1, 0.15) is 38.7 Å². The Hall–Kier alpha value is -1.95. The van der Waals surface area contributed by atoms with Crippen molar-refractivity contribution in [3.8, 4) is 0 Å². The summed E-state index contributed by atoms with van der Waals surface area (Å²) in [7, 11) is 0. The molecule has 0 aromatic heterocycles. The Bertz CT molecular complexity index is 536. The molecule has 0 bridgehead atoms. The van der Waals surface area contributed by atoms with Crippen LogP contribution >= 0.6 is 0 Å². The smallest absolute Gasteiger partial charge is 0.326 e. The molecule has 0 aliphatic carbocycles. The fourth-order valence-electron chi connectivity index (χ4n) is 2.24. The maximum atomic E-state index is 13.1. The maximum Gasteiger partial charge on any atom is 0.326 e. The van der Waals surface area contributed by atoms with Gasteiger partial charge in [-0.25, -0.2) is 9.18 Å². The molecule has 5 nitrogen and oxygen atoms in total.